The molecule has 0 aliphatic rings. The molecule has 21 heavy (non-hydrogen) atoms. The fraction of sp³-hybridized carbons (Fsp3) is 0.333. The van der Waals surface area contributed by atoms with Crippen LogP contribution in [0, 0.1) is 11.7 Å². The second-order valence-corrected chi connectivity index (χ2v) is 5.60. The zero-order chi connectivity index (χ0) is 15.4. The van der Waals surface area contributed by atoms with Crippen LogP contribution in [0.2, 0.25) is 0 Å². The first-order chi connectivity index (χ1) is 10.0. The van der Waals surface area contributed by atoms with E-state index in [4.69, 9.17) is 4.74 Å². The summed E-state index contributed by atoms with van der Waals surface area (Å²) in [6, 6.07) is 12.2. The third kappa shape index (κ3) is 3.61. The van der Waals surface area contributed by atoms with Crippen LogP contribution in [0.5, 0.6) is 5.75 Å². The van der Waals surface area contributed by atoms with Crippen molar-refractivity contribution in [2.75, 3.05) is 7.11 Å². The standard InChI is InChI=1S/C18H21FO2/c1-12(2)10-13-6-4-7-14(11-13)18(20)17-15(19)8-5-9-16(17)21-3/h4-9,11-12,18,20H,10H2,1-3H3. The molecule has 112 valence electrons. The summed E-state index contributed by atoms with van der Waals surface area (Å²) >= 11 is 0. The molecule has 2 aromatic rings. The molecule has 1 N–H and O–H groups in total. The largest absolute Gasteiger partial charge is 0.496 e. The Morgan fingerprint density at radius 1 is 1.14 bits per heavy atom. The number of aliphatic hydroxyl groups excluding tert-OH is 1. The minimum absolute atomic E-state index is 0.182. The van der Waals surface area contributed by atoms with Crippen molar-refractivity contribution in [1.29, 1.82) is 0 Å². The van der Waals surface area contributed by atoms with Gasteiger partial charge in [0, 0.05) is 0 Å². The van der Waals surface area contributed by atoms with Gasteiger partial charge in [0.2, 0.25) is 0 Å². The van der Waals surface area contributed by atoms with Gasteiger partial charge in [0.1, 0.15) is 17.7 Å². The highest BCUT2D eigenvalue weighted by Gasteiger charge is 2.20. The molecular weight excluding hydrogens is 267 g/mol. The molecule has 0 radical (unpaired) electrons. The maximum absolute atomic E-state index is 14.0. The van der Waals surface area contributed by atoms with Crippen LogP contribution in [0.15, 0.2) is 42.5 Å². The number of ether oxygens (including phenoxy) is 1. The summed E-state index contributed by atoms with van der Waals surface area (Å²) in [6.45, 7) is 4.28. The Balaban J connectivity index is 2.38. The highest BCUT2D eigenvalue weighted by atomic mass is 19.1. The molecule has 0 saturated heterocycles. The van der Waals surface area contributed by atoms with Crippen LogP contribution in [0.3, 0.4) is 0 Å². The van der Waals surface area contributed by atoms with Crippen molar-refractivity contribution in [3.63, 3.8) is 0 Å². The van der Waals surface area contributed by atoms with Gasteiger partial charge in [0.25, 0.3) is 0 Å². The predicted molar refractivity (Wildman–Crippen MR) is 82.0 cm³/mol. The van der Waals surface area contributed by atoms with Crippen molar-refractivity contribution < 1.29 is 14.2 Å². The van der Waals surface area contributed by atoms with E-state index in [9.17, 15) is 9.50 Å². The van der Waals surface area contributed by atoms with Crippen LogP contribution in [0.25, 0.3) is 0 Å². The van der Waals surface area contributed by atoms with Crippen molar-refractivity contribution in [2.24, 2.45) is 5.92 Å². The molecule has 0 spiro atoms. The molecule has 0 heterocycles. The van der Waals surface area contributed by atoms with Crippen LogP contribution in [0.1, 0.15) is 36.6 Å². The number of methoxy groups -OCH3 is 1. The molecule has 0 bridgehead atoms. The van der Waals surface area contributed by atoms with Crippen LogP contribution in [0.4, 0.5) is 4.39 Å². The Labute approximate surface area is 125 Å². The molecule has 3 heteroatoms. The van der Waals surface area contributed by atoms with Gasteiger partial charge in [-0.05, 0) is 35.6 Å². The van der Waals surface area contributed by atoms with E-state index in [-0.39, 0.29) is 5.56 Å². The average Bonchev–Trinajstić information content (AvgIpc) is 2.45. The van der Waals surface area contributed by atoms with Gasteiger partial charge in [-0.3, -0.25) is 0 Å². The summed E-state index contributed by atoms with van der Waals surface area (Å²) < 4.78 is 19.2. The highest BCUT2D eigenvalue weighted by Crippen LogP contribution is 2.32. The second kappa shape index (κ2) is 6.72. The first-order valence-corrected chi connectivity index (χ1v) is 7.12. The van der Waals surface area contributed by atoms with Gasteiger partial charge < -0.3 is 9.84 Å². The lowest BCUT2D eigenvalue weighted by Crippen LogP contribution is -2.06. The summed E-state index contributed by atoms with van der Waals surface area (Å²) in [5.74, 6) is 0.424. The molecule has 0 aliphatic heterocycles. The zero-order valence-corrected chi connectivity index (χ0v) is 12.6. The fourth-order valence-corrected chi connectivity index (χ4v) is 2.49. The average molecular weight is 288 g/mol. The Kier molecular flexibility index (Phi) is 4.97. The maximum Gasteiger partial charge on any atom is 0.133 e. The van der Waals surface area contributed by atoms with Crippen LogP contribution < -0.4 is 4.74 Å². The molecule has 0 saturated carbocycles. The van der Waals surface area contributed by atoms with Gasteiger partial charge in [-0.2, -0.15) is 0 Å². The quantitative estimate of drug-likeness (QED) is 0.897. The van der Waals surface area contributed by atoms with Crippen LogP contribution in [-0.2, 0) is 6.42 Å². The fourth-order valence-electron chi connectivity index (χ4n) is 2.49. The van der Waals surface area contributed by atoms with Gasteiger partial charge in [-0.25, -0.2) is 4.39 Å². The van der Waals surface area contributed by atoms with E-state index >= 15 is 0 Å². The van der Waals surface area contributed by atoms with Crippen molar-refractivity contribution >= 4 is 0 Å². The molecule has 2 nitrogen and oxygen atoms in total. The number of rotatable bonds is 5. The Morgan fingerprint density at radius 2 is 1.86 bits per heavy atom. The van der Waals surface area contributed by atoms with E-state index < -0.39 is 11.9 Å². The number of benzene rings is 2. The van der Waals surface area contributed by atoms with Crippen LogP contribution in [-0.4, -0.2) is 12.2 Å². The number of aliphatic hydroxyl groups is 1. The normalized spacial score (nSPS) is 12.5. The zero-order valence-electron chi connectivity index (χ0n) is 12.6. The topological polar surface area (TPSA) is 29.5 Å². The van der Waals surface area contributed by atoms with E-state index in [2.05, 4.69) is 13.8 Å². The lowest BCUT2D eigenvalue weighted by atomic mass is 9.95. The minimum Gasteiger partial charge on any atom is -0.496 e. The van der Waals surface area contributed by atoms with Crippen LogP contribution >= 0.6 is 0 Å². The van der Waals surface area contributed by atoms with E-state index in [0.717, 1.165) is 12.0 Å². The van der Waals surface area contributed by atoms with E-state index in [1.54, 1.807) is 18.2 Å². The van der Waals surface area contributed by atoms with Crippen molar-refractivity contribution in [3.05, 3.63) is 65.0 Å². The number of hydrogen-bond donors (Lipinski definition) is 1. The molecule has 0 amide bonds. The van der Waals surface area contributed by atoms with Gasteiger partial charge in [-0.15, -0.1) is 0 Å². The first kappa shape index (κ1) is 15.5. The Hall–Kier alpha value is -1.87. The third-order valence-electron chi connectivity index (χ3n) is 3.42. The lowest BCUT2D eigenvalue weighted by Gasteiger charge is -2.17. The second-order valence-electron chi connectivity index (χ2n) is 5.60. The molecular formula is C18H21FO2. The number of hydrogen-bond acceptors (Lipinski definition) is 2. The van der Waals surface area contributed by atoms with Gasteiger partial charge >= 0.3 is 0 Å². The lowest BCUT2D eigenvalue weighted by molar-refractivity contribution is 0.209. The maximum atomic E-state index is 14.0. The number of halogens is 1. The van der Waals surface area contributed by atoms with E-state index in [1.165, 1.54) is 13.2 Å². The molecule has 0 aliphatic carbocycles. The SMILES string of the molecule is COc1cccc(F)c1C(O)c1cccc(CC(C)C)c1. The third-order valence-corrected chi connectivity index (χ3v) is 3.42. The van der Waals surface area contributed by atoms with E-state index in [0.29, 0.717) is 17.2 Å². The molecule has 2 aromatic carbocycles. The van der Waals surface area contributed by atoms with Crippen molar-refractivity contribution in [2.45, 2.75) is 26.4 Å². The summed E-state index contributed by atoms with van der Waals surface area (Å²) in [6.07, 6.45) is -0.108. The molecule has 2 rings (SSSR count). The molecule has 0 fully saturated rings. The smallest absolute Gasteiger partial charge is 0.133 e. The molecule has 1 atom stereocenters. The monoisotopic (exact) mass is 288 g/mol. The van der Waals surface area contributed by atoms with E-state index in [1.807, 2.05) is 18.2 Å². The predicted octanol–water partition coefficient (Wildman–Crippen LogP) is 4.11. The van der Waals surface area contributed by atoms with Gasteiger partial charge in [0.15, 0.2) is 0 Å². The Bertz CT molecular complexity index is 608. The van der Waals surface area contributed by atoms with Gasteiger partial charge in [-0.1, -0.05) is 44.2 Å². The molecule has 1 unspecified atom stereocenters. The summed E-state index contributed by atoms with van der Waals surface area (Å²) in [5, 5.41) is 10.5. The summed E-state index contributed by atoms with van der Waals surface area (Å²) in [7, 11) is 1.47. The first-order valence-electron chi connectivity index (χ1n) is 7.12. The Morgan fingerprint density at radius 3 is 2.52 bits per heavy atom. The van der Waals surface area contributed by atoms with Gasteiger partial charge in [0.05, 0.1) is 12.7 Å². The highest BCUT2D eigenvalue weighted by molar-refractivity contribution is 5.42. The van der Waals surface area contributed by atoms with Crippen molar-refractivity contribution in [3.8, 4) is 5.75 Å². The molecule has 0 aromatic heterocycles. The summed E-state index contributed by atoms with van der Waals surface area (Å²) in [4.78, 5) is 0. The van der Waals surface area contributed by atoms with Crippen molar-refractivity contribution in [1.82, 2.24) is 0 Å². The minimum atomic E-state index is -1.03. The summed E-state index contributed by atoms with van der Waals surface area (Å²) in [5.41, 5.74) is 2.00.